The summed E-state index contributed by atoms with van der Waals surface area (Å²) < 4.78 is 29.0. The third-order valence-electron chi connectivity index (χ3n) is 6.26. The van der Waals surface area contributed by atoms with Crippen molar-refractivity contribution in [1.29, 1.82) is 0 Å². The Balaban J connectivity index is 3.08. The minimum atomic E-state index is -3.88. The van der Waals surface area contributed by atoms with Crippen LogP contribution in [0.25, 0.3) is 0 Å². The van der Waals surface area contributed by atoms with Crippen LogP contribution in [0.1, 0.15) is 53.5 Å². The Morgan fingerprint density at radius 2 is 1.67 bits per heavy atom. The molecule has 1 aromatic carbocycles. The monoisotopic (exact) mass is 485 g/mol. The number of benzene rings is 1. The maximum absolute atomic E-state index is 12.9. The highest BCUT2D eigenvalue weighted by Crippen LogP contribution is 2.27. The average molecular weight is 486 g/mol. The van der Waals surface area contributed by atoms with E-state index in [0.717, 1.165) is 9.87 Å². The summed E-state index contributed by atoms with van der Waals surface area (Å²) in [6.45, 7) is 9.57. The molecule has 0 spiro atoms. The smallest absolute Gasteiger partial charge is 0.309 e. The predicted octanol–water partition coefficient (Wildman–Crippen LogP) is 1.78. The van der Waals surface area contributed by atoms with Crippen LogP contribution in [0.3, 0.4) is 0 Å². The van der Waals surface area contributed by atoms with Crippen molar-refractivity contribution in [3.8, 4) is 0 Å². The number of nitrogens with zero attached hydrogens (tertiary/aromatic N) is 1. The Hall–Kier alpha value is -2.01. The molecule has 33 heavy (non-hydrogen) atoms. The Morgan fingerprint density at radius 1 is 1.12 bits per heavy atom. The molecule has 0 aliphatic heterocycles. The van der Waals surface area contributed by atoms with E-state index in [1.54, 1.807) is 13.8 Å². The van der Waals surface area contributed by atoms with E-state index < -0.39 is 51.1 Å². The number of aliphatic hydroxyl groups excluding tert-OH is 1. The molecule has 0 radical (unpaired) electrons. The van der Waals surface area contributed by atoms with E-state index >= 15 is 0 Å². The molecule has 0 aliphatic carbocycles. The number of likely N-dealkylation sites (N-methyl/N-ethyl adjacent to an activating group) is 1. The van der Waals surface area contributed by atoms with Crippen LogP contribution in [0.5, 0.6) is 0 Å². The molecular formula is C23H39N3O6S. The number of hydrogen-bond acceptors (Lipinski definition) is 5. The summed E-state index contributed by atoms with van der Waals surface area (Å²) in [5.74, 6) is -2.52. The largest absolute Gasteiger partial charge is 0.481 e. The van der Waals surface area contributed by atoms with Crippen molar-refractivity contribution in [2.45, 2.75) is 72.1 Å². The van der Waals surface area contributed by atoms with Crippen LogP contribution in [0.15, 0.2) is 30.3 Å². The third kappa shape index (κ3) is 8.37. The van der Waals surface area contributed by atoms with Gasteiger partial charge < -0.3 is 15.5 Å². The molecule has 9 nitrogen and oxygen atoms in total. The van der Waals surface area contributed by atoms with Gasteiger partial charge in [0.05, 0.1) is 23.5 Å². The van der Waals surface area contributed by atoms with Crippen LogP contribution in [0.2, 0.25) is 0 Å². The molecule has 188 valence electrons. The second-order valence-electron chi connectivity index (χ2n) is 9.75. The van der Waals surface area contributed by atoms with Gasteiger partial charge in [-0.25, -0.2) is 0 Å². The Morgan fingerprint density at radius 3 is 2.15 bits per heavy atom. The molecule has 0 bridgehead atoms. The molecule has 3 atom stereocenters. The van der Waals surface area contributed by atoms with Gasteiger partial charge in [0.1, 0.15) is 0 Å². The number of aliphatic carboxylic acids is 1. The lowest BCUT2D eigenvalue weighted by molar-refractivity contribution is -0.153. The van der Waals surface area contributed by atoms with E-state index in [0.29, 0.717) is 6.42 Å². The lowest BCUT2D eigenvalue weighted by Crippen LogP contribution is -2.55. The molecule has 4 N–H and O–H groups in total. The Bertz CT molecular complexity index is 902. The van der Waals surface area contributed by atoms with Crippen LogP contribution in [0, 0.1) is 11.3 Å². The van der Waals surface area contributed by atoms with Crippen molar-refractivity contribution in [1.82, 2.24) is 14.3 Å². The van der Waals surface area contributed by atoms with Gasteiger partial charge in [-0.1, -0.05) is 44.2 Å². The molecule has 0 saturated heterocycles. The van der Waals surface area contributed by atoms with Crippen molar-refractivity contribution < 1.29 is 28.2 Å². The van der Waals surface area contributed by atoms with Gasteiger partial charge in [0.25, 0.3) is 10.2 Å². The summed E-state index contributed by atoms with van der Waals surface area (Å²) in [5.41, 5.74) is -1.14. The standard InChI is InChI=1S/C23H39N3O6S/c1-8-22(3,4)25-33(31,32)26(7)15-19(27)18(14-17-12-10-9-11-13-17)24-20(28)16(2)23(5,6)21(29)30/h9-13,16,18-19,25,27H,8,14-15H2,1-7H3,(H,24,28)(H,29,30)/t16?,18-,19+/m0/s1. The third-order valence-corrected chi connectivity index (χ3v) is 8.04. The molecule has 10 heteroatoms. The maximum Gasteiger partial charge on any atom is 0.309 e. The lowest BCUT2D eigenvalue weighted by Gasteiger charge is -2.32. The summed E-state index contributed by atoms with van der Waals surface area (Å²) >= 11 is 0. The number of rotatable bonds is 13. The summed E-state index contributed by atoms with van der Waals surface area (Å²) in [4.78, 5) is 24.4. The quantitative estimate of drug-likeness (QED) is 0.336. The zero-order valence-corrected chi connectivity index (χ0v) is 21.4. The van der Waals surface area contributed by atoms with Crippen LogP contribution >= 0.6 is 0 Å². The first-order valence-electron chi connectivity index (χ1n) is 11.0. The van der Waals surface area contributed by atoms with E-state index in [1.165, 1.54) is 27.8 Å². The number of carboxylic acids is 1. The molecule has 0 fully saturated rings. The molecule has 0 saturated carbocycles. The van der Waals surface area contributed by atoms with Gasteiger partial charge in [0.2, 0.25) is 5.91 Å². The summed E-state index contributed by atoms with van der Waals surface area (Å²) in [5, 5.41) is 23.1. The topological polar surface area (TPSA) is 136 Å². The highest BCUT2D eigenvalue weighted by Gasteiger charge is 2.39. The van der Waals surface area contributed by atoms with Crippen LogP contribution in [-0.4, -0.2) is 66.1 Å². The van der Waals surface area contributed by atoms with Gasteiger partial charge in [-0.2, -0.15) is 17.4 Å². The van der Waals surface area contributed by atoms with E-state index in [-0.39, 0.29) is 13.0 Å². The van der Waals surface area contributed by atoms with E-state index in [9.17, 15) is 28.2 Å². The van der Waals surface area contributed by atoms with Gasteiger partial charge in [0, 0.05) is 19.1 Å². The zero-order valence-electron chi connectivity index (χ0n) is 20.6. The summed E-state index contributed by atoms with van der Waals surface area (Å²) in [6, 6.07) is 8.33. The van der Waals surface area contributed by atoms with Crippen molar-refractivity contribution in [3.05, 3.63) is 35.9 Å². The molecule has 1 unspecified atom stereocenters. The average Bonchev–Trinajstić information content (AvgIpc) is 2.72. The van der Waals surface area contributed by atoms with E-state index in [1.807, 2.05) is 37.3 Å². The highest BCUT2D eigenvalue weighted by molar-refractivity contribution is 7.87. The second-order valence-corrected chi connectivity index (χ2v) is 11.5. The molecular weight excluding hydrogens is 446 g/mol. The minimum Gasteiger partial charge on any atom is -0.481 e. The normalized spacial score (nSPS) is 15.7. The lowest BCUT2D eigenvalue weighted by atomic mass is 9.79. The number of aliphatic hydroxyl groups is 1. The Labute approximate surface area is 197 Å². The molecule has 1 aromatic rings. The summed E-state index contributed by atoms with van der Waals surface area (Å²) in [6.07, 6.45) is -0.414. The second kappa shape index (κ2) is 11.4. The first-order valence-corrected chi connectivity index (χ1v) is 12.5. The fraction of sp³-hybridized carbons (Fsp3) is 0.652. The minimum absolute atomic E-state index is 0.246. The van der Waals surface area contributed by atoms with Gasteiger partial charge in [-0.3, -0.25) is 9.59 Å². The molecule has 1 rings (SSSR count). The van der Waals surface area contributed by atoms with Crippen molar-refractivity contribution in [2.24, 2.45) is 11.3 Å². The summed E-state index contributed by atoms with van der Waals surface area (Å²) in [7, 11) is -2.52. The fourth-order valence-electron chi connectivity index (χ4n) is 2.96. The number of nitrogens with one attached hydrogen (secondary N) is 2. The molecule has 1 amide bonds. The molecule has 0 aromatic heterocycles. The van der Waals surface area contributed by atoms with Crippen LogP contribution in [0.4, 0.5) is 0 Å². The SMILES string of the molecule is CCC(C)(C)NS(=O)(=O)N(C)C[C@@H](O)[C@H](Cc1ccccc1)NC(=O)C(C)C(C)(C)C(=O)O. The van der Waals surface area contributed by atoms with Crippen LogP contribution < -0.4 is 10.0 Å². The van der Waals surface area contributed by atoms with Gasteiger partial charge >= 0.3 is 5.97 Å². The first-order chi connectivity index (χ1) is 15.0. The molecule has 0 heterocycles. The van der Waals surface area contributed by atoms with Gasteiger partial charge in [0.15, 0.2) is 0 Å². The Kier molecular flexibility index (Phi) is 10.0. The highest BCUT2D eigenvalue weighted by atomic mass is 32.2. The van der Waals surface area contributed by atoms with E-state index in [4.69, 9.17) is 0 Å². The maximum atomic E-state index is 12.9. The number of carbonyl (C=O) groups is 2. The number of carbonyl (C=O) groups excluding carboxylic acids is 1. The number of amides is 1. The fourth-order valence-corrected chi connectivity index (χ4v) is 4.31. The predicted molar refractivity (Wildman–Crippen MR) is 128 cm³/mol. The van der Waals surface area contributed by atoms with Gasteiger partial charge in [-0.15, -0.1) is 0 Å². The van der Waals surface area contributed by atoms with Crippen molar-refractivity contribution >= 4 is 22.1 Å². The van der Waals surface area contributed by atoms with Crippen molar-refractivity contribution in [3.63, 3.8) is 0 Å². The van der Waals surface area contributed by atoms with Gasteiger partial charge in [-0.05, 0) is 46.1 Å². The van der Waals surface area contributed by atoms with E-state index in [2.05, 4.69) is 10.0 Å². The van der Waals surface area contributed by atoms with Crippen molar-refractivity contribution in [2.75, 3.05) is 13.6 Å². The first kappa shape index (κ1) is 29.0. The molecule has 0 aliphatic rings. The number of hydrogen-bond donors (Lipinski definition) is 4. The van der Waals surface area contributed by atoms with Crippen LogP contribution in [-0.2, 0) is 26.2 Å². The number of carboxylic acid groups (broad SMARTS) is 1. The zero-order chi connectivity index (χ0) is 25.6.